The van der Waals surface area contributed by atoms with Crippen LogP contribution in [0.15, 0.2) is 36.4 Å². The zero-order valence-corrected chi connectivity index (χ0v) is 15.0. The molecule has 1 fully saturated rings. The van der Waals surface area contributed by atoms with Crippen LogP contribution in [0.4, 0.5) is 10.5 Å². The Bertz CT molecular complexity index is 836. The lowest BCUT2D eigenvalue weighted by Gasteiger charge is -2.28. The summed E-state index contributed by atoms with van der Waals surface area (Å²) in [6.45, 7) is 1.70. The SMILES string of the molecule is CN1C(=O)N(c2cc(Cl)nc(Cl)c2)C(=O)[C@]1(C)Cc1ccc(O)cc1. The highest BCUT2D eigenvalue weighted by Gasteiger charge is 2.53. The van der Waals surface area contributed by atoms with Crippen LogP contribution in [0.5, 0.6) is 5.75 Å². The molecule has 6 nitrogen and oxygen atoms in total. The number of amides is 3. The summed E-state index contributed by atoms with van der Waals surface area (Å²) in [5.41, 5.74) is 0.0261. The number of phenolic OH excluding ortho intramolecular Hbond substituents is 1. The quantitative estimate of drug-likeness (QED) is 0.654. The highest BCUT2D eigenvalue weighted by molar-refractivity contribution is 6.33. The maximum absolute atomic E-state index is 13.0. The van der Waals surface area contributed by atoms with Crippen LogP contribution in [-0.4, -0.2) is 39.5 Å². The van der Waals surface area contributed by atoms with Crippen LogP contribution < -0.4 is 4.90 Å². The first kappa shape index (κ1) is 17.5. The summed E-state index contributed by atoms with van der Waals surface area (Å²) in [5.74, 6) is -0.245. The van der Waals surface area contributed by atoms with E-state index in [9.17, 15) is 14.7 Å². The Labute approximate surface area is 154 Å². The minimum absolute atomic E-state index is 0.0953. The molecule has 3 amide bonds. The van der Waals surface area contributed by atoms with E-state index in [2.05, 4.69) is 4.98 Å². The average molecular weight is 380 g/mol. The zero-order valence-electron chi connectivity index (χ0n) is 13.5. The molecule has 1 N–H and O–H groups in total. The van der Waals surface area contributed by atoms with Gasteiger partial charge in [0.25, 0.3) is 5.91 Å². The second-order valence-electron chi connectivity index (χ2n) is 6.07. The van der Waals surface area contributed by atoms with Gasteiger partial charge in [0.15, 0.2) is 0 Å². The van der Waals surface area contributed by atoms with Gasteiger partial charge in [-0.25, -0.2) is 14.7 Å². The van der Waals surface area contributed by atoms with E-state index in [-0.39, 0.29) is 27.7 Å². The van der Waals surface area contributed by atoms with Gasteiger partial charge >= 0.3 is 6.03 Å². The fraction of sp³-hybridized carbons (Fsp3) is 0.235. The van der Waals surface area contributed by atoms with Crippen LogP contribution in [-0.2, 0) is 11.2 Å². The number of urea groups is 1. The number of rotatable bonds is 3. The van der Waals surface area contributed by atoms with Crippen molar-refractivity contribution in [2.45, 2.75) is 18.9 Å². The minimum atomic E-state index is -1.07. The maximum atomic E-state index is 13.0. The van der Waals surface area contributed by atoms with E-state index >= 15 is 0 Å². The molecular weight excluding hydrogens is 365 g/mol. The molecule has 130 valence electrons. The second kappa shape index (κ2) is 6.20. The fourth-order valence-corrected chi connectivity index (χ4v) is 3.30. The van der Waals surface area contributed by atoms with Crippen LogP contribution in [0, 0.1) is 0 Å². The lowest BCUT2D eigenvalue weighted by Crippen LogP contribution is -2.47. The summed E-state index contributed by atoms with van der Waals surface area (Å²) < 4.78 is 0. The highest BCUT2D eigenvalue weighted by Crippen LogP contribution is 2.35. The van der Waals surface area contributed by atoms with Crippen LogP contribution in [0.1, 0.15) is 12.5 Å². The number of hydrogen-bond acceptors (Lipinski definition) is 4. The number of halogens is 2. The molecule has 25 heavy (non-hydrogen) atoms. The van der Waals surface area contributed by atoms with E-state index in [4.69, 9.17) is 23.2 Å². The predicted molar refractivity (Wildman–Crippen MR) is 95.1 cm³/mol. The normalized spacial score (nSPS) is 20.5. The van der Waals surface area contributed by atoms with Crippen molar-refractivity contribution < 1.29 is 14.7 Å². The topological polar surface area (TPSA) is 73.7 Å². The van der Waals surface area contributed by atoms with Crippen molar-refractivity contribution in [3.05, 3.63) is 52.3 Å². The smallest absolute Gasteiger partial charge is 0.332 e. The summed E-state index contributed by atoms with van der Waals surface area (Å²) in [6, 6.07) is 8.89. The van der Waals surface area contributed by atoms with Gasteiger partial charge in [-0.05, 0) is 36.8 Å². The van der Waals surface area contributed by atoms with E-state index in [1.165, 1.54) is 17.0 Å². The van der Waals surface area contributed by atoms with Gasteiger partial charge in [-0.1, -0.05) is 35.3 Å². The van der Waals surface area contributed by atoms with Gasteiger partial charge in [0.1, 0.15) is 21.6 Å². The molecule has 2 heterocycles. The van der Waals surface area contributed by atoms with E-state index in [1.807, 2.05) is 0 Å². The minimum Gasteiger partial charge on any atom is -0.508 e. The molecule has 3 rings (SSSR count). The van der Waals surface area contributed by atoms with E-state index < -0.39 is 11.6 Å². The number of imide groups is 1. The predicted octanol–water partition coefficient (Wildman–Crippen LogP) is 3.49. The molecular formula is C17H15Cl2N3O3. The summed E-state index contributed by atoms with van der Waals surface area (Å²) in [4.78, 5) is 32.0. The van der Waals surface area contributed by atoms with Crippen LogP contribution >= 0.6 is 23.2 Å². The second-order valence-corrected chi connectivity index (χ2v) is 6.84. The van der Waals surface area contributed by atoms with Crippen molar-refractivity contribution in [2.24, 2.45) is 0 Å². The van der Waals surface area contributed by atoms with E-state index in [1.54, 1.807) is 38.2 Å². The van der Waals surface area contributed by atoms with Gasteiger partial charge < -0.3 is 10.0 Å². The number of hydrogen-bond donors (Lipinski definition) is 1. The van der Waals surface area contributed by atoms with Crippen molar-refractivity contribution in [1.82, 2.24) is 9.88 Å². The molecule has 0 radical (unpaired) electrons. The van der Waals surface area contributed by atoms with Crippen molar-refractivity contribution in [3.8, 4) is 5.75 Å². The number of carbonyl (C=O) groups excluding carboxylic acids is 2. The Morgan fingerprint density at radius 1 is 1.12 bits per heavy atom. The van der Waals surface area contributed by atoms with Gasteiger partial charge in [-0.3, -0.25) is 4.79 Å². The number of carbonyl (C=O) groups is 2. The van der Waals surface area contributed by atoms with Gasteiger partial charge in [-0.2, -0.15) is 0 Å². The number of nitrogens with zero attached hydrogens (tertiary/aromatic N) is 3. The molecule has 1 aromatic carbocycles. The van der Waals surface area contributed by atoms with Crippen LogP contribution in [0.25, 0.3) is 0 Å². The van der Waals surface area contributed by atoms with Crippen molar-refractivity contribution >= 4 is 40.8 Å². The van der Waals surface area contributed by atoms with Crippen molar-refractivity contribution in [2.75, 3.05) is 11.9 Å². The van der Waals surface area contributed by atoms with Crippen molar-refractivity contribution in [3.63, 3.8) is 0 Å². The number of aromatic hydroxyl groups is 1. The molecule has 1 aromatic heterocycles. The first-order valence-electron chi connectivity index (χ1n) is 7.46. The number of aromatic nitrogens is 1. The third kappa shape index (κ3) is 3.03. The van der Waals surface area contributed by atoms with Gasteiger partial charge in [0.05, 0.1) is 5.69 Å². The van der Waals surface area contributed by atoms with Gasteiger partial charge in [0.2, 0.25) is 0 Å². The lowest BCUT2D eigenvalue weighted by molar-refractivity contribution is -0.123. The summed E-state index contributed by atoms with van der Waals surface area (Å²) in [7, 11) is 1.57. The number of pyridine rings is 1. The Morgan fingerprint density at radius 2 is 1.68 bits per heavy atom. The highest BCUT2D eigenvalue weighted by atomic mass is 35.5. The Kier molecular flexibility index (Phi) is 4.34. The third-order valence-electron chi connectivity index (χ3n) is 4.37. The largest absolute Gasteiger partial charge is 0.508 e. The number of likely N-dealkylation sites (N-methyl/N-ethyl adjacent to an activating group) is 1. The molecule has 1 aliphatic rings. The first-order chi connectivity index (χ1) is 11.7. The Hall–Kier alpha value is -2.31. The average Bonchev–Trinajstić information content (AvgIpc) is 2.70. The standard InChI is InChI=1S/C17H15Cl2N3O3/c1-17(9-10-3-5-12(23)6-4-10)15(24)22(16(25)21(17)2)11-7-13(18)20-14(19)8-11/h3-8,23H,9H2,1-2H3/t17-/m0/s1. The zero-order chi connectivity index (χ0) is 18.4. The molecule has 0 unspecified atom stereocenters. The first-order valence-corrected chi connectivity index (χ1v) is 8.21. The van der Waals surface area contributed by atoms with Crippen LogP contribution in [0.2, 0.25) is 10.3 Å². The monoisotopic (exact) mass is 379 g/mol. The van der Waals surface area contributed by atoms with E-state index in [0.29, 0.717) is 6.42 Å². The molecule has 0 aliphatic carbocycles. The molecule has 1 atom stereocenters. The molecule has 2 aromatic rings. The lowest BCUT2D eigenvalue weighted by atomic mass is 9.91. The maximum Gasteiger partial charge on any atom is 0.332 e. The third-order valence-corrected chi connectivity index (χ3v) is 4.76. The van der Waals surface area contributed by atoms with Crippen molar-refractivity contribution in [1.29, 1.82) is 0 Å². The number of anilines is 1. The summed E-state index contributed by atoms with van der Waals surface area (Å²) in [5, 5.41) is 9.59. The fourth-order valence-electron chi connectivity index (χ4n) is 2.85. The molecule has 1 aliphatic heterocycles. The summed E-state index contributed by atoms with van der Waals surface area (Å²) >= 11 is 11.8. The molecule has 0 spiro atoms. The Morgan fingerprint density at radius 3 is 2.24 bits per heavy atom. The molecule has 0 saturated carbocycles. The number of phenols is 1. The summed E-state index contributed by atoms with van der Waals surface area (Å²) in [6.07, 6.45) is 0.303. The molecule has 0 bridgehead atoms. The molecule has 1 saturated heterocycles. The van der Waals surface area contributed by atoms with Gasteiger partial charge in [0, 0.05) is 13.5 Å². The van der Waals surface area contributed by atoms with E-state index in [0.717, 1.165) is 10.5 Å². The number of benzene rings is 1. The van der Waals surface area contributed by atoms with Crippen LogP contribution in [0.3, 0.4) is 0 Å². The molecule has 8 heteroatoms. The Balaban J connectivity index is 1.98. The van der Waals surface area contributed by atoms with Gasteiger partial charge in [-0.15, -0.1) is 0 Å².